The monoisotopic (exact) mass is 276 g/mol. The van der Waals surface area contributed by atoms with Crippen LogP contribution in [0.4, 0.5) is 0 Å². The molecule has 5 nitrogen and oxygen atoms in total. The second-order valence-electron chi connectivity index (χ2n) is 5.30. The number of unbranched alkanes of at least 4 members (excludes halogenated alkanes) is 2. The third-order valence-corrected chi connectivity index (χ3v) is 5.83. The van der Waals surface area contributed by atoms with E-state index >= 15 is 0 Å². The van der Waals surface area contributed by atoms with Gasteiger partial charge < -0.3 is 4.74 Å². The summed E-state index contributed by atoms with van der Waals surface area (Å²) in [4.78, 5) is 2.22. The lowest BCUT2D eigenvalue weighted by atomic mass is 10.1. The van der Waals surface area contributed by atoms with Crippen molar-refractivity contribution in [3.05, 3.63) is 0 Å². The summed E-state index contributed by atoms with van der Waals surface area (Å²) in [6.07, 6.45) is 2.86. The second-order valence-corrected chi connectivity index (χ2v) is 7.39. The summed E-state index contributed by atoms with van der Waals surface area (Å²) in [5.41, 5.74) is 0. The Morgan fingerprint density at radius 2 is 2.06 bits per heavy atom. The number of nitrogens with zero attached hydrogens (tertiary/aromatic N) is 2. The number of morpholine rings is 1. The maximum atomic E-state index is 12.2. The van der Waals surface area contributed by atoms with Gasteiger partial charge in [-0.2, -0.15) is 4.31 Å². The molecule has 0 aromatic carbocycles. The van der Waals surface area contributed by atoms with Crippen molar-refractivity contribution in [2.45, 2.75) is 38.3 Å². The lowest BCUT2D eigenvalue weighted by molar-refractivity contribution is -0.0366. The van der Waals surface area contributed by atoms with Gasteiger partial charge in [-0.25, -0.2) is 8.42 Å². The third-order valence-electron chi connectivity index (χ3n) is 3.94. The summed E-state index contributed by atoms with van der Waals surface area (Å²) in [6.45, 7) is 4.81. The second kappa shape index (κ2) is 5.86. The number of sulfonamides is 1. The first-order valence-corrected chi connectivity index (χ1v) is 8.45. The van der Waals surface area contributed by atoms with Crippen molar-refractivity contribution in [3.63, 3.8) is 0 Å². The van der Waals surface area contributed by atoms with Crippen molar-refractivity contribution >= 4 is 10.0 Å². The van der Waals surface area contributed by atoms with Crippen LogP contribution < -0.4 is 0 Å². The van der Waals surface area contributed by atoms with E-state index in [2.05, 4.69) is 11.8 Å². The minimum Gasteiger partial charge on any atom is -0.374 e. The summed E-state index contributed by atoms with van der Waals surface area (Å²) < 4.78 is 31.7. The molecular formula is C12H24N2O3S. The van der Waals surface area contributed by atoms with Crippen LogP contribution in [0.25, 0.3) is 0 Å². The molecule has 0 aliphatic carbocycles. The van der Waals surface area contributed by atoms with Gasteiger partial charge in [-0.1, -0.05) is 19.8 Å². The molecule has 18 heavy (non-hydrogen) atoms. The summed E-state index contributed by atoms with van der Waals surface area (Å²) in [7, 11) is -1.04. The third kappa shape index (κ3) is 3.04. The lowest BCUT2D eigenvalue weighted by Crippen LogP contribution is -2.48. The molecule has 2 aliphatic rings. The summed E-state index contributed by atoms with van der Waals surface area (Å²) in [5, 5.41) is 0. The van der Waals surface area contributed by atoms with E-state index in [-0.39, 0.29) is 17.9 Å². The Morgan fingerprint density at radius 3 is 2.72 bits per heavy atom. The van der Waals surface area contributed by atoms with Gasteiger partial charge in [0.1, 0.15) is 0 Å². The predicted molar refractivity (Wildman–Crippen MR) is 71.0 cm³/mol. The van der Waals surface area contributed by atoms with E-state index in [0.29, 0.717) is 19.7 Å². The molecule has 0 spiro atoms. The van der Waals surface area contributed by atoms with E-state index in [1.54, 1.807) is 4.31 Å². The number of rotatable bonds is 5. The smallest absolute Gasteiger partial charge is 0.214 e. The highest BCUT2D eigenvalue weighted by molar-refractivity contribution is 7.89. The van der Waals surface area contributed by atoms with Crippen molar-refractivity contribution in [3.8, 4) is 0 Å². The van der Waals surface area contributed by atoms with Gasteiger partial charge in [-0.05, 0) is 13.5 Å². The number of hydrogen-bond donors (Lipinski definition) is 0. The lowest BCUT2D eigenvalue weighted by Gasteiger charge is -2.33. The molecule has 0 bridgehead atoms. The molecule has 0 aromatic heterocycles. The predicted octanol–water partition coefficient (Wildman–Crippen LogP) is 0.521. The zero-order chi connectivity index (χ0) is 13.2. The maximum Gasteiger partial charge on any atom is 0.214 e. The molecular weight excluding hydrogens is 252 g/mol. The maximum absolute atomic E-state index is 12.2. The molecule has 2 heterocycles. The van der Waals surface area contributed by atoms with E-state index in [1.165, 1.54) is 0 Å². The van der Waals surface area contributed by atoms with Gasteiger partial charge in [-0.3, -0.25) is 4.90 Å². The number of hydrogen-bond acceptors (Lipinski definition) is 4. The van der Waals surface area contributed by atoms with Crippen molar-refractivity contribution in [2.75, 3.05) is 39.0 Å². The molecule has 0 N–H and O–H groups in total. The fourth-order valence-electron chi connectivity index (χ4n) is 2.71. The normalized spacial score (nSPS) is 30.6. The topological polar surface area (TPSA) is 49.9 Å². The standard InChI is InChI=1S/C12H24N2O3S/c1-3-4-5-8-18(15,16)14-9-11-12(10-14)17-7-6-13(11)2/h11-12H,3-10H2,1-2H3/t11-,12+/m1/s1. The number of ether oxygens (including phenoxy) is 1. The fraction of sp³-hybridized carbons (Fsp3) is 1.00. The van der Waals surface area contributed by atoms with Gasteiger partial charge in [0, 0.05) is 19.6 Å². The Labute approximate surface area is 110 Å². The first-order valence-electron chi connectivity index (χ1n) is 6.84. The Morgan fingerprint density at radius 1 is 1.28 bits per heavy atom. The van der Waals surface area contributed by atoms with Crippen LogP contribution in [0.15, 0.2) is 0 Å². The van der Waals surface area contributed by atoms with Crippen LogP contribution in [0.1, 0.15) is 26.2 Å². The van der Waals surface area contributed by atoms with E-state index in [1.807, 2.05) is 7.05 Å². The fourth-order valence-corrected chi connectivity index (χ4v) is 4.30. The van der Waals surface area contributed by atoms with Gasteiger partial charge >= 0.3 is 0 Å². The van der Waals surface area contributed by atoms with Crippen LogP contribution >= 0.6 is 0 Å². The molecule has 0 unspecified atom stereocenters. The minimum atomic E-state index is -3.09. The first kappa shape index (κ1) is 14.2. The Balaban J connectivity index is 1.94. The zero-order valence-electron chi connectivity index (χ0n) is 11.3. The van der Waals surface area contributed by atoms with Crippen LogP contribution in [0.5, 0.6) is 0 Å². The molecule has 0 saturated carbocycles. The average molecular weight is 276 g/mol. The molecule has 0 radical (unpaired) electrons. The molecule has 2 saturated heterocycles. The molecule has 6 heteroatoms. The van der Waals surface area contributed by atoms with Crippen molar-refractivity contribution in [1.82, 2.24) is 9.21 Å². The van der Waals surface area contributed by atoms with Crippen LogP contribution in [0, 0.1) is 0 Å². The van der Waals surface area contributed by atoms with Gasteiger partial charge in [0.2, 0.25) is 10.0 Å². The minimum absolute atomic E-state index is 0.0599. The highest BCUT2D eigenvalue weighted by Crippen LogP contribution is 2.24. The van der Waals surface area contributed by atoms with Crippen LogP contribution in [-0.2, 0) is 14.8 Å². The summed E-state index contributed by atoms with van der Waals surface area (Å²) >= 11 is 0. The molecule has 2 aliphatic heterocycles. The Bertz CT molecular complexity index is 372. The van der Waals surface area contributed by atoms with Crippen molar-refractivity contribution in [1.29, 1.82) is 0 Å². The quantitative estimate of drug-likeness (QED) is 0.687. The molecule has 106 valence electrons. The van der Waals surface area contributed by atoms with E-state index < -0.39 is 10.0 Å². The van der Waals surface area contributed by atoms with Crippen molar-refractivity contribution < 1.29 is 13.2 Å². The SMILES string of the molecule is CCCCCS(=O)(=O)N1C[C@@H]2OCCN(C)[C@@H]2C1. The molecule has 2 fully saturated rings. The highest BCUT2D eigenvalue weighted by Gasteiger charge is 2.42. The van der Waals surface area contributed by atoms with Crippen LogP contribution in [-0.4, -0.2) is 68.8 Å². The molecule has 2 rings (SSSR count). The van der Waals surface area contributed by atoms with Gasteiger partial charge in [-0.15, -0.1) is 0 Å². The first-order chi connectivity index (χ1) is 8.54. The van der Waals surface area contributed by atoms with Crippen LogP contribution in [0.2, 0.25) is 0 Å². The summed E-state index contributed by atoms with van der Waals surface area (Å²) in [5.74, 6) is 0.282. The van der Waals surface area contributed by atoms with Gasteiger partial charge in [0.15, 0.2) is 0 Å². The molecule has 0 amide bonds. The average Bonchev–Trinajstić information content (AvgIpc) is 2.75. The largest absolute Gasteiger partial charge is 0.374 e. The Kier molecular flexibility index (Phi) is 4.64. The zero-order valence-corrected chi connectivity index (χ0v) is 12.2. The van der Waals surface area contributed by atoms with Gasteiger partial charge in [0.25, 0.3) is 0 Å². The van der Waals surface area contributed by atoms with Crippen molar-refractivity contribution in [2.24, 2.45) is 0 Å². The van der Waals surface area contributed by atoms with E-state index in [9.17, 15) is 8.42 Å². The van der Waals surface area contributed by atoms with E-state index in [0.717, 1.165) is 25.8 Å². The molecule has 0 aromatic rings. The van der Waals surface area contributed by atoms with Gasteiger partial charge in [0.05, 0.1) is 24.5 Å². The van der Waals surface area contributed by atoms with E-state index in [4.69, 9.17) is 4.74 Å². The number of fused-ring (bicyclic) bond motifs is 1. The van der Waals surface area contributed by atoms with Crippen LogP contribution in [0.3, 0.4) is 0 Å². The number of likely N-dealkylation sites (N-methyl/N-ethyl adjacent to an activating group) is 1. The summed E-state index contributed by atoms with van der Waals surface area (Å²) in [6, 6.07) is 0.236. The molecule has 2 atom stereocenters. The highest BCUT2D eigenvalue weighted by atomic mass is 32.2. The Hall–Kier alpha value is -0.170.